The number of carbonyl (C=O) groups excluding carboxylic acids is 1. The number of anilines is 1. The van der Waals surface area contributed by atoms with Crippen molar-refractivity contribution in [3.63, 3.8) is 0 Å². The summed E-state index contributed by atoms with van der Waals surface area (Å²) in [7, 11) is 1.53. The SMILES string of the molecule is CCOc1ccc(/C=C(\C#N)C(=O)Nc2cc(C)ccc2OC)cc1. The van der Waals surface area contributed by atoms with Gasteiger partial charge in [-0.1, -0.05) is 18.2 Å². The summed E-state index contributed by atoms with van der Waals surface area (Å²) in [6, 6.07) is 14.6. The maximum atomic E-state index is 12.4. The van der Waals surface area contributed by atoms with Gasteiger partial charge in [0.1, 0.15) is 23.1 Å². The fourth-order valence-corrected chi connectivity index (χ4v) is 2.25. The molecule has 0 unspecified atom stereocenters. The first kappa shape index (κ1) is 18.1. The van der Waals surface area contributed by atoms with E-state index in [0.717, 1.165) is 16.9 Å². The molecule has 2 aromatic carbocycles. The van der Waals surface area contributed by atoms with E-state index in [9.17, 15) is 10.1 Å². The van der Waals surface area contributed by atoms with Crippen molar-refractivity contribution in [3.8, 4) is 17.6 Å². The van der Waals surface area contributed by atoms with Crippen LogP contribution in [0.15, 0.2) is 48.0 Å². The molecule has 1 N–H and O–H groups in total. The Balaban J connectivity index is 2.21. The maximum absolute atomic E-state index is 12.4. The Morgan fingerprint density at radius 3 is 2.56 bits per heavy atom. The van der Waals surface area contributed by atoms with E-state index in [-0.39, 0.29) is 5.57 Å². The highest BCUT2D eigenvalue weighted by Crippen LogP contribution is 2.26. The highest BCUT2D eigenvalue weighted by atomic mass is 16.5. The van der Waals surface area contributed by atoms with E-state index >= 15 is 0 Å². The number of rotatable bonds is 6. The number of amides is 1. The maximum Gasteiger partial charge on any atom is 0.266 e. The van der Waals surface area contributed by atoms with E-state index < -0.39 is 5.91 Å². The van der Waals surface area contributed by atoms with Gasteiger partial charge in [0.15, 0.2) is 0 Å². The average molecular weight is 336 g/mol. The predicted octanol–water partition coefficient (Wildman–Crippen LogP) is 3.95. The third-order valence-corrected chi connectivity index (χ3v) is 3.47. The standard InChI is InChI=1S/C20H20N2O3/c1-4-25-17-8-6-15(7-9-17)12-16(13-21)20(23)22-18-11-14(2)5-10-19(18)24-3/h5-12H,4H2,1-3H3,(H,22,23)/b16-12+. The van der Waals surface area contributed by atoms with Crippen molar-refractivity contribution < 1.29 is 14.3 Å². The third-order valence-electron chi connectivity index (χ3n) is 3.47. The van der Waals surface area contributed by atoms with Crippen LogP contribution in [0.25, 0.3) is 6.08 Å². The number of nitrogens with zero attached hydrogens (tertiary/aromatic N) is 1. The summed E-state index contributed by atoms with van der Waals surface area (Å²) in [6.45, 7) is 4.40. The second-order valence-electron chi connectivity index (χ2n) is 5.33. The Kier molecular flexibility index (Phi) is 6.19. The molecule has 0 aliphatic heterocycles. The van der Waals surface area contributed by atoms with Crippen molar-refractivity contribution in [2.24, 2.45) is 0 Å². The number of nitriles is 1. The Morgan fingerprint density at radius 2 is 1.96 bits per heavy atom. The first-order valence-corrected chi connectivity index (χ1v) is 7.88. The molecule has 0 aromatic heterocycles. The van der Waals surface area contributed by atoms with Gasteiger partial charge >= 0.3 is 0 Å². The van der Waals surface area contributed by atoms with Crippen LogP contribution in [0.3, 0.4) is 0 Å². The Hall–Kier alpha value is -3.26. The number of hydrogen-bond acceptors (Lipinski definition) is 4. The number of aryl methyl sites for hydroxylation is 1. The molecule has 0 bridgehead atoms. The van der Waals surface area contributed by atoms with Crippen LogP contribution >= 0.6 is 0 Å². The normalized spacial score (nSPS) is 10.7. The molecule has 0 fully saturated rings. The number of nitrogens with one attached hydrogen (secondary N) is 1. The molecule has 0 heterocycles. The lowest BCUT2D eigenvalue weighted by atomic mass is 10.1. The minimum absolute atomic E-state index is 0.00715. The van der Waals surface area contributed by atoms with Gasteiger partial charge in [-0.2, -0.15) is 5.26 Å². The Labute approximate surface area is 147 Å². The van der Waals surface area contributed by atoms with Crippen LogP contribution in [-0.2, 0) is 4.79 Å². The van der Waals surface area contributed by atoms with Crippen LogP contribution in [0, 0.1) is 18.3 Å². The highest BCUT2D eigenvalue weighted by molar-refractivity contribution is 6.10. The zero-order chi connectivity index (χ0) is 18.2. The fourth-order valence-electron chi connectivity index (χ4n) is 2.25. The van der Waals surface area contributed by atoms with Crippen molar-refractivity contribution in [1.29, 1.82) is 5.26 Å². The molecular weight excluding hydrogens is 316 g/mol. The molecule has 0 saturated carbocycles. The Morgan fingerprint density at radius 1 is 1.24 bits per heavy atom. The van der Waals surface area contributed by atoms with Gasteiger partial charge in [-0.05, 0) is 55.3 Å². The molecule has 0 spiro atoms. The van der Waals surface area contributed by atoms with Gasteiger partial charge in [0.2, 0.25) is 0 Å². The molecule has 5 heteroatoms. The van der Waals surface area contributed by atoms with Crippen molar-refractivity contribution in [2.75, 3.05) is 19.0 Å². The quantitative estimate of drug-likeness (QED) is 0.640. The van der Waals surface area contributed by atoms with Crippen LogP contribution < -0.4 is 14.8 Å². The first-order chi connectivity index (χ1) is 12.1. The van der Waals surface area contributed by atoms with E-state index in [1.807, 2.05) is 26.0 Å². The predicted molar refractivity (Wildman–Crippen MR) is 97.6 cm³/mol. The van der Waals surface area contributed by atoms with Crippen LogP contribution in [0.5, 0.6) is 11.5 Å². The zero-order valence-corrected chi connectivity index (χ0v) is 14.5. The molecule has 0 aliphatic rings. The van der Waals surface area contributed by atoms with Crippen LogP contribution in [-0.4, -0.2) is 19.6 Å². The number of hydrogen-bond donors (Lipinski definition) is 1. The molecule has 0 atom stereocenters. The van der Waals surface area contributed by atoms with Crippen LogP contribution in [0.2, 0.25) is 0 Å². The van der Waals surface area contributed by atoms with Gasteiger partial charge in [0.05, 0.1) is 19.4 Å². The molecule has 0 saturated heterocycles. The third kappa shape index (κ3) is 4.85. The lowest BCUT2D eigenvalue weighted by Crippen LogP contribution is -2.14. The summed E-state index contributed by atoms with van der Waals surface area (Å²) in [5.41, 5.74) is 2.25. The first-order valence-electron chi connectivity index (χ1n) is 7.88. The summed E-state index contributed by atoms with van der Waals surface area (Å²) < 4.78 is 10.6. The molecule has 25 heavy (non-hydrogen) atoms. The second kappa shape index (κ2) is 8.55. The number of ether oxygens (including phenoxy) is 2. The van der Waals surface area contributed by atoms with E-state index in [4.69, 9.17) is 9.47 Å². The van der Waals surface area contributed by atoms with E-state index in [2.05, 4.69) is 5.32 Å². The van der Waals surface area contributed by atoms with Gasteiger partial charge in [-0.25, -0.2) is 0 Å². The van der Waals surface area contributed by atoms with Crippen molar-refractivity contribution in [3.05, 3.63) is 59.2 Å². The minimum Gasteiger partial charge on any atom is -0.495 e. The van der Waals surface area contributed by atoms with Gasteiger partial charge in [0, 0.05) is 0 Å². The van der Waals surface area contributed by atoms with E-state index in [1.165, 1.54) is 13.2 Å². The minimum atomic E-state index is -0.486. The van der Waals surface area contributed by atoms with E-state index in [1.54, 1.807) is 36.4 Å². The van der Waals surface area contributed by atoms with Crippen molar-refractivity contribution in [2.45, 2.75) is 13.8 Å². The molecular formula is C20H20N2O3. The van der Waals surface area contributed by atoms with Gasteiger partial charge in [0.25, 0.3) is 5.91 Å². The molecule has 5 nitrogen and oxygen atoms in total. The average Bonchev–Trinajstić information content (AvgIpc) is 2.61. The molecule has 2 rings (SSSR count). The number of benzene rings is 2. The van der Waals surface area contributed by atoms with Gasteiger partial charge in [-0.3, -0.25) is 4.79 Å². The van der Waals surface area contributed by atoms with Gasteiger partial charge in [-0.15, -0.1) is 0 Å². The summed E-state index contributed by atoms with van der Waals surface area (Å²) in [6.07, 6.45) is 1.54. The smallest absolute Gasteiger partial charge is 0.266 e. The van der Waals surface area contributed by atoms with Crippen LogP contribution in [0.4, 0.5) is 5.69 Å². The summed E-state index contributed by atoms with van der Waals surface area (Å²) >= 11 is 0. The number of carbonyl (C=O) groups is 1. The lowest BCUT2D eigenvalue weighted by Gasteiger charge is -2.10. The number of methoxy groups -OCH3 is 1. The summed E-state index contributed by atoms with van der Waals surface area (Å²) in [5.74, 6) is 0.796. The molecule has 2 aromatic rings. The Bertz CT molecular complexity index is 818. The van der Waals surface area contributed by atoms with Crippen LogP contribution in [0.1, 0.15) is 18.1 Å². The highest BCUT2D eigenvalue weighted by Gasteiger charge is 2.12. The summed E-state index contributed by atoms with van der Waals surface area (Å²) in [4.78, 5) is 12.4. The zero-order valence-electron chi connectivity index (χ0n) is 14.5. The topological polar surface area (TPSA) is 71.3 Å². The molecule has 0 radical (unpaired) electrons. The van der Waals surface area contributed by atoms with Crippen molar-refractivity contribution >= 4 is 17.7 Å². The monoisotopic (exact) mass is 336 g/mol. The largest absolute Gasteiger partial charge is 0.495 e. The fraction of sp³-hybridized carbons (Fsp3) is 0.200. The molecule has 0 aliphatic carbocycles. The summed E-state index contributed by atoms with van der Waals surface area (Å²) in [5, 5.41) is 12.0. The van der Waals surface area contributed by atoms with Gasteiger partial charge < -0.3 is 14.8 Å². The van der Waals surface area contributed by atoms with E-state index in [0.29, 0.717) is 18.0 Å². The second-order valence-corrected chi connectivity index (χ2v) is 5.33. The molecule has 1 amide bonds. The molecule has 128 valence electrons. The van der Waals surface area contributed by atoms with Crippen molar-refractivity contribution in [1.82, 2.24) is 0 Å². The lowest BCUT2D eigenvalue weighted by molar-refractivity contribution is -0.112.